The molecule has 8 nitrogen and oxygen atoms in total. The Hall–Kier alpha value is -3.20. The van der Waals surface area contributed by atoms with Crippen molar-refractivity contribution in [1.29, 1.82) is 0 Å². The zero-order valence-electron chi connectivity index (χ0n) is 18.3. The molecule has 2 N–H and O–H groups in total. The van der Waals surface area contributed by atoms with Gasteiger partial charge in [0.25, 0.3) is 5.91 Å². The Labute approximate surface area is 190 Å². The van der Waals surface area contributed by atoms with Crippen LogP contribution in [0.2, 0.25) is 0 Å². The number of hydrogen-bond donors (Lipinski definition) is 2. The monoisotopic (exact) mass is 454 g/mol. The van der Waals surface area contributed by atoms with Gasteiger partial charge in [0.05, 0.1) is 19.6 Å². The minimum atomic E-state index is -0.624. The summed E-state index contributed by atoms with van der Waals surface area (Å²) in [5.41, 5.74) is 1.11. The van der Waals surface area contributed by atoms with Crippen LogP contribution in [0.4, 0.5) is 0 Å². The normalized spacial score (nSPS) is 17.0. The maximum Gasteiger partial charge on any atom is 0.276 e. The van der Waals surface area contributed by atoms with Crippen LogP contribution in [-0.2, 0) is 4.79 Å². The second kappa shape index (κ2) is 9.52. The third-order valence-corrected chi connectivity index (χ3v) is 6.25. The molecule has 0 aromatic heterocycles. The lowest BCUT2D eigenvalue weighted by molar-refractivity contribution is -0.116. The molecule has 1 atom stereocenters. The van der Waals surface area contributed by atoms with Gasteiger partial charge in [0, 0.05) is 16.5 Å². The number of para-hydroxylation sites is 1. The first kappa shape index (κ1) is 22.0. The number of thioether (sulfide) groups is 1. The Morgan fingerprint density at radius 3 is 2.56 bits per heavy atom. The van der Waals surface area contributed by atoms with E-state index in [4.69, 9.17) is 19.6 Å². The maximum absolute atomic E-state index is 13.2. The molecule has 0 aliphatic carbocycles. The van der Waals surface area contributed by atoms with E-state index in [-0.39, 0.29) is 23.2 Å². The highest BCUT2D eigenvalue weighted by atomic mass is 32.2. The van der Waals surface area contributed by atoms with E-state index in [0.29, 0.717) is 21.8 Å². The molecule has 2 aliphatic heterocycles. The minimum Gasteiger partial charge on any atom is -0.502 e. The third kappa shape index (κ3) is 4.12. The standard InChI is InChI=1S/C23H26N4O4S/c1-4-5-8-11-32-23-25-22(29)19-15-9-6-7-10-16(15)24-21(27(19)26-23)14-12-17(30-2)20(28)18(13-14)31-3/h6-7,9-10,12-13,21,28H,4-5,8,11H2,1-3H3,(H,25,26,29). The van der Waals surface area contributed by atoms with E-state index in [1.807, 2.05) is 24.3 Å². The highest BCUT2D eigenvalue weighted by Gasteiger charge is 2.35. The van der Waals surface area contributed by atoms with Gasteiger partial charge in [0.2, 0.25) is 5.75 Å². The summed E-state index contributed by atoms with van der Waals surface area (Å²) in [5, 5.41) is 21.6. The highest BCUT2D eigenvalue weighted by molar-refractivity contribution is 8.13. The summed E-state index contributed by atoms with van der Waals surface area (Å²) >= 11 is 1.53. The summed E-state index contributed by atoms with van der Waals surface area (Å²) in [4.78, 5) is 18.0. The highest BCUT2D eigenvalue weighted by Crippen LogP contribution is 2.41. The quantitative estimate of drug-likeness (QED) is 0.624. The number of aromatic hydroxyl groups is 1. The molecule has 0 saturated carbocycles. The summed E-state index contributed by atoms with van der Waals surface area (Å²) < 4.78 is 10.7. The number of ether oxygens (including phenoxy) is 2. The number of rotatable bonds is 7. The number of amides is 1. The number of nitrogens with zero attached hydrogens (tertiary/aromatic N) is 3. The van der Waals surface area contributed by atoms with Gasteiger partial charge < -0.3 is 14.6 Å². The van der Waals surface area contributed by atoms with E-state index in [0.717, 1.165) is 30.2 Å². The van der Waals surface area contributed by atoms with Gasteiger partial charge in [-0.25, -0.2) is 5.01 Å². The Morgan fingerprint density at radius 2 is 1.88 bits per heavy atom. The zero-order valence-corrected chi connectivity index (χ0v) is 19.1. The van der Waals surface area contributed by atoms with Crippen molar-refractivity contribution in [3.63, 3.8) is 0 Å². The minimum absolute atomic E-state index is 0.0915. The van der Waals surface area contributed by atoms with Crippen LogP contribution < -0.4 is 25.4 Å². The first-order valence-electron chi connectivity index (χ1n) is 10.5. The molecule has 0 spiro atoms. The second-order valence-electron chi connectivity index (χ2n) is 7.40. The third-order valence-electron chi connectivity index (χ3n) is 5.30. The first-order valence-corrected chi connectivity index (χ1v) is 11.5. The van der Waals surface area contributed by atoms with Crippen LogP contribution in [0.3, 0.4) is 0 Å². The van der Waals surface area contributed by atoms with Gasteiger partial charge >= 0.3 is 0 Å². The van der Waals surface area contributed by atoms with Gasteiger partial charge in [-0.3, -0.25) is 15.1 Å². The predicted octanol–water partition coefficient (Wildman–Crippen LogP) is 2.48. The molecule has 1 amide bonds. The molecular weight excluding hydrogens is 428 g/mol. The van der Waals surface area contributed by atoms with Crippen molar-refractivity contribution in [2.45, 2.75) is 32.4 Å². The number of phenolic OH excluding ortho intramolecular Hbond substituents is 1. The fraction of sp³-hybridized carbons (Fsp3) is 0.348. The molecule has 32 heavy (non-hydrogen) atoms. The van der Waals surface area contributed by atoms with Crippen molar-refractivity contribution in [2.75, 3.05) is 20.0 Å². The molecule has 9 heteroatoms. The molecule has 2 aromatic rings. The number of unbranched alkanes of at least 4 members (excludes halogenated alkanes) is 2. The average molecular weight is 455 g/mol. The fourth-order valence-electron chi connectivity index (χ4n) is 3.69. The summed E-state index contributed by atoms with van der Waals surface area (Å²) in [6.07, 6.45) is 2.69. The Morgan fingerprint density at radius 1 is 1.16 bits per heavy atom. The van der Waals surface area contributed by atoms with Crippen LogP contribution in [0, 0.1) is 0 Å². The number of hydrogen-bond acceptors (Lipinski definition) is 8. The molecule has 2 heterocycles. The van der Waals surface area contributed by atoms with Gasteiger partial charge in [-0.1, -0.05) is 49.7 Å². The lowest BCUT2D eigenvalue weighted by atomic mass is 10.1. The van der Waals surface area contributed by atoms with Gasteiger partial charge in [0.15, 0.2) is 22.8 Å². The first-order chi connectivity index (χ1) is 15.6. The Bertz CT molecular complexity index is 1160. The smallest absolute Gasteiger partial charge is 0.276 e. The van der Waals surface area contributed by atoms with Crippen LogP contribution in [0.15, 0.2) is 46.5 Å². The van der Waals surface area contributed by atoms with Crippen LogP contribution in [0.1, 0.15) is 37.9 Å². The number of carbonyl (C=O) groups is 1. The number of hydrazone groups is 1. The van der Waals surface area contributed by atoms with Crippen molar-refractivity contribution >= 4 is 28.5 Å². The van der Waals surface area contributed by atoms with E-state index in [2.05, 4.69) is 12.2 Å². The molecule has 4 rings (SSSR count). The van der Waals surface area contributed by atoms with Crippen LogP contribution in [0.5, 0.6) is 17.2 Å². The molecule has 0 radical (unpaired) electrons. The molecule has 2 aromatic carbocycles. The van der Waals surface area contributed by atoms with Crippen LogP contribution in [-0.4, -0.2) is 41.2 Å². The van der Waals surface area contributed by atoms with Crippen molar-refractivity contribution in [3.05, 3.63) is 52.5 Å². The molecular formula is C23H26N4O4S. The SMILES string of the molecule is CCCCCSC1=NN2C(=c3ccccc3=NC2c2cc(OC)c(O)c(OC)c2)C(=O)N1. The van der Waals surface area contributed by atoms with Gasteiger partial charge in [-0.15, -0.1) is 5.10 Å². The lowest BCUT2D eigenvalue weighted by Gasteiger charge is -2.34. The molecule has 1 unspecified atom stereocenters. The van der Waals surface area contributed by atoms with Crippen molar-refractivity contribution in [3.8, 4) is 17.2 Å². The Kier molecular flexibility index (Phi) is 6.55. The number of carbonyl (C=O) groups excluding carboxylic acids is 1. The van der Waals surface area contributed by atoms with E-state index < -0.39 is 6.17 Å². The largest absolute Gasteiger partial charge is 0.502 e. The number of benzene rings is 2. The van der Waals surface area contributed by atoms with Gasteiger partial charge in [-0.05, 0) is 24.6 Å². The van der Waals surface area contributed by atoms with E-state index in [1.54, 1.807) is 17.1 Å². The number of phenols is 1. The summed E-state index contributed by atoms with van der Waals surface area (Å²) in [6.45, 7) is 2.16. The lowest BCUT2D eigenvalue weighted by Crippen LogP contribution is -2.50. The van der Waals surface area contributed by atoms with Crippen molar-refractivity contribution in [1.82, 2.24) is 10.3 Å². The predicted molar refractivity (Wildman–Crippen MR) is 124 cm³/mol. The number of amidine groups is 1. The van der Waals surface area contributed by atoms with Crippen molar-refractivity contribution < 1.29 is 19.4 Å². The maximum atomic E-state index is 13.2. The van der Waals surface area contributed by atoms with Gasteiger partial charge in [-0.2, -0.15) is 0 Å². The summed E-state index contributed by atoms with van der Waals surface area (Å²) in [6, 6.07) is 10.9. The molecule has 0 saturated heterocycles. The summed E-state index contributed by atoms with van der Waals surface area (Å²) in [5.74, 6) is 1.08. The Balaban J connectivity index is 1.83. The number of methoxy groups -OCH3 is 2. The van der Waals surface area contributed by atoms with Crippen molar-refractivity contribution in [2.24, 2.45) is 10.1 Å². The zero-order chi connectivity index (χ0) is 22.7. The number of fused-ring (bicyclic) bond motifs is 2. The topological polar surface area (TPSA) is 95.8 Å². The second-order valence-corrected chi connectivity index (χ2v) is 8.49. The number of nitrogens with one attached hydrogen (secondary N) is 1. The van der Waals surface area contributed by atoms with E-state index >= 15 is 0 Å². The van der Waals surface area contributed by atoms with Crippen LogP contribution in [0.25, 0.3) is 5.70 Å². The molecule has 0 bridgehead atoms. The molecule has 0 fully saturated rings. The molecule has 2 aliphatic rings. The van der Waals surface area contributed by atoms with E-state index in [1.165, 1.54) is 26.0 Å². The van der Waals surface area contributed by atoms with E-state index in [9.17, 15) is 9.90 Å². The van der Waals surface area contributed by atoms with Crippen LogP contribution >= 0.6 is 11.8 Å². The molecule has 168 valence electrons. The fourth-order valence-corrected chi connectivity index (χ4v) is 4.55. The summed E-state index contributed by atoms with van der Waals surface area (Å²) in [7, 11) is 2.95. The van der Waals surface area contributed by atoms with Gasteiger partial charge in [0.1, 0.15) is 5.70 Å². The average Bonchev–Trinajstić information content (AvgIpc) is 2.81.